The van der Waals surface area contributed by atoms with Gasteiger partial charge in [-0.15, -0.1) is 6.58 Å². The Morgan fingerprint density at radius 1 is 1.37 bits per heavy atom. The number of nitrogens with one attached hydrogen (secondary N) is 1. The zero-order valence-electron chi connectivity index (χ0n) is 11.6. The van der Waals surface area contributed by atoms with Gasteiger partial charge in [0.1, 0.15) is 0 Å². The summed E-state index contributed by atoms with van der Waals surface area (Å²) >= 11 is 0. The molecule has 0 aliphatic rings. The molecule has 0 aliphatic carbocycles. The minimum atomic E-state index is -0.277. The number of carbonyl (C=O) groups is 1. The van der Waals surface area contributed by atoms with Crippen LogP contribution in [0.25, 0.3) is 0 Å². The Morgan fingerprint density at radius 3 is 2.63 bits per heavy atom. The molecule has 0 saturated heterocycles. The Bertz CT molecular complexity index is 449. The molecule has 1 N–H and O–H groups in total. The van der Waals surface area contributed by atoms with E-state index in [-0.39, 0.29) is 5.97 Å². The molecular weight excluding hydrogens is 238 g/mol. The average Bonchev–Trinajstić information content (AvgIpc) is 2.43. The molecule has 1 rings (SSSR count). The summed E-state index contributed by atoms with van der Waals surface area (Å²) < 4.78 is 5.05. The molecule has 0 radical (unpaired) electrons. The summed E-state index contributed by atoms with van der Waals surface area (Å²) in [6, 6.07) is 10.0. The van der Waals surface area contributed by atoms with Crippen LogP contribution in [-0.2, 0) is 16.1 Å². The smallest absolute Gasteiger partial charge is 0.336 e. The van der Waals surface area contributed by atoms with E-state index < -0.39 is 0 Å². The third-order valence-electron chi connectivity index (χ3n) is 2.72. The monoisotopic (exact) mass is 259 g/mol. The number of rotatable bonds is 7. The number of hydrogen-bond acceptors (Lipinski definition) is 3. The predicted octanol–water partition coefficient (Wildman–Crippen LogP) is 3.19. The van der Waals surface area contributed by atoms with E-state index in [0.29, 0.717) is 25.1 Å². The molecule has 1 aromatic rings. The van der Waals surface area contributed by atoms with Gasteiger partial charge in [0.15, 0.2) is 0 Å². The lowest BCUT2D eigenvalue weighted by atomic mass is 10.1. The van der Waals surface area contributed by atoms with Crippen molar-refractivity contribution in [3.8, 4) is 0 Å². The van der Waals surface area contributed by atoms with Crippen LogP contribution in [0.4, 0.5) is 0 Å². The summed E-state index contributed by atoms with van der Waals surface area (Å²) in [5.74, 6) is -0.277. The molecule has 0 fully saturated rings. The first kappa shape index (κ1) is 15.0. The standard InChI is InChI=1S/C16H21NO2/c1-4-9-15(16(18)19-5-2)13(3)17-12-14-10-7-6-8-11-14/h4,6-8,10-11,17H,1,5,9,12H2,2-3H3/b15-13-. The molecule has 0 saturated carbocycles. The zero-order valence-corrected chi connectivity index (χ0v) is 11.6. The molecule has 0 atom stereocenters. The van der Waals surface area contributed by atoms with Gasteiger partial charge in [-0.3, -0.25) is 0 Å². The van der Waals surface area contributed by atoms with Gasteiger partial charge in [-0.25, -0.2) is 4.79 Å². The van der Waals surface area contributed by atoms with Gasteiger partial charge in [0.05, 0.1) is 12.2 Å². The third-order valence-corrected chi connectivity index (χ3v) is 2.72. The fourth-order valence-corrected chi connectivity index (χ4v) is 1.69. The number of allylic oxidation sites excluding steroid dienone is 2. The van der Waals surface area contributed by atoms with E-state index in [4.69, 9.17) is 4.74 Å². The summed E-state index contributed by atoms with van der Waals surface area (Å²) in [6.07, 6.45) is 2.21. The number of esters is 1. The molecule has 3 nitrogen and oxygen atoms in total. The minimum Gasteiger partial charge on any atom is -0.463 e. The molecule has 1 aromatic carbocycles. The fourth-order valence-electron chi connectivity index (χ4n) is 1.69. The second kappa shape index (κ2) is 8.14. The lowest BCUT2D eigenvalue weighted by Gasteiger charge is -2.12. The van der Waals surface area contributed by atoms with Gasteiger partial charge in [0, 0.05) is 12.2 Å². The lowest BCUT2D eigenvalue weighted by Crippen LogP contribution is -2.18. The zero-order chi connectivity index (χ0) is 14.1. The highest BCUT2D eigenvalue weighted by Gasteiger charge is 2.12. The van der Waals surface area contributed by atoms with E-state index in [1.807, 2.05) is 37.3 Å². The van der Waals surface area contributed by atoms with Gasteiger partial charge in [0.25, 0.3) is 0 Å². The van der Waals surface area contributed by atoms with Crippen LogP contribution in [0.5, 0.6) is 0 Å². The molecular formula is C16H21NO2. The highest BCUT2D eigenvalue weighted by molar-refractivity contribution is 5.89. The van der Waals surface area contributed by atoms with E-state index in [1.54, 1.807) is 13.0 Å². The molecule has 0 bridgehead atoms. The minimum absolute atomic E-state index is 0.277. The fraction of sp³-hybridized carbons (Fsp3) is 0.312. The number of benzene rings is 1. The highest BCUT2D eigenvalue weighted by Crippen LogP contribution is 2.11. The molecule has 0 aromatic heterocycles. The molecule has 0 spiro atoms. The Labute approximate surface area is 115 Å². The average molecular weight is 259 g/mol. The van der Waals surface area contributed by atoms with Crippen molar-refractivity contribution in [2.75, 3.05) is 6.61 Å². The van der Waals surface area contributed by atoms with Crippen molar-refractivity contribution >= 4 is 5.97 Å². The van der Waals surface area contributed by atoms with Crippen LogP contribution in [0.3, 0.4) is 0 Å². The summed E-state index contributed by atoms with van der Waals surface area (Å²) in [5.41, 5.74) is 2.64. The maximum Gasteiger partial charge on any atom is 0.336 e. The molecule has 0 unspecified atom stereocenters. The summed E-state index contributed by atoms with van der Waals surface area (Å²) in [5, 5.41) is 3.25. The summed E-state index contributed by atoms with van der Waals surface area (Å²) in [4.78, 5) is 11.8. The number of ether oxygens (including phenoxy) is 1. The molecule has 0 heterocycles. The Morgan fingerprint density at radius 2 is 2.05 bits per heavy atom. The van der Waals surface area contributed by atoms with Gasteiger partial charge >= 0.3 is 5.97 Å². The van der Waals surface area contributed by atoms with Crippen LogP contribution in [-0.4, -0.2) is 12.6 Å². The number of hydrogen-bond donors (Lipinski definition) is 1. The van der Waals surface area contributed by atoms with Crippen LogP contribution in [0.15, 0.2) is 54.3 Å². The Kier molecular flexibility index (Phi) is 6.44. The second-order valence-corrected chi connectivity index (χ2v) is 4.16. The van der Waals surface area contributed by atoms with Crippen molar-refractivity contribution in [2.24, 2.45) is 0 Å². The van der Waals surface area contributed by atoms with Gasteiger partial charge in [-0.2, -0.15) is 0 Å². The Hall–Kier alpha value is -2.03. The van der Waals surface area contributed by atoms with Crippen LogP contribution >= 0.6 is 0 Å². The lowest BCUT2D eigenvalue weighted by molar-refractivity contribution is -0.138. The first-order valence-electron chi connectivity index (χ1n) is 6.44. The van der Waals surface area contributed by atoms with Crippen molar-refractivity contribution < 1.29 is 9.53 Å². The Balaban J connectivity index is 2.73. The molecule has 0 amide bonds. The first-order chi connectivity index (χ1) is 9.19. The van der Waals surface area contributed by atoms with E-state index in [2.05, 4.69) is 11.9 Å². The van der Waals surface area contributed by atoms with Crippen LogP contribution in [0.2, 0.25) is 0 Å². The summed E-state index contributed by atoms with van der Waals surface area (Å²) in [7, 11) is 0. The summed E-state index contributed by atoms with van der Waals surface area (Å²) in [6.45, 7) is 8.43. The van der Waals surface area contributed by atoms with Crippen LogP contribution in [0.1, 0.15) is 25.8 Å². The van der Waals surface area contributed by atoms with Gasteiger partial charge in [-0.1, -0.05) is 36.4 Å². The quantitative estimate of drug-likeness (QED) is 0.464. The number of carbonyl (C=O) groups excluding carboxylic acids is 1. The van der Waals surface area contributed by atoms with Crippen molar-refractivity contribution in [2.45, 2.75) is 26.8 Å². The molecule has 19 heavy (non-hydrogen) atoms. The van der Waals surface area contributed by atoms with Crippen molar-refractivity contribution in [3.05, 3.63) is 59.8 Å². The van der Waals surface area contributed by atoms with Crippen LogP contribution in [0, 0.1) is 0 Å². The topological polar surface area (TPSA) is 38.3 Å². The normalized spacial score (nSPS) is 11.5. The van der Waals surface area contributed by atoms with Gasteiger partial charge < -0.3 is 10.1 Å². The largest absolute Gasteiger partial charge is 0.463 e. The second-order valence-electron chi connectivity index (χ2n) is 4.16. The van der Waals surface area contributed by atoms with E-state index in [1.165, 1.54) is 5.56 Å². The van der Waals surface area contributed by atoms with Gasteiger partial charge in [-0.05, 0) is 25.8 Å². The first-order valence-corrected chi connectivity index (χ1v) is 6.44. The van der Waals surface area contributed by atoms with E-state index >= 15 is 0 Å². The molecule has 102 valence electrons. The predicted molar refractivity (Wildman–Crippen MR) is 77.4 cm³/mol. The SMILES string of the molecule is C=CC/C(C(=O)OCC)=C(\C)NCc1ccccc1. The van der Waals surface area contributed by atoms with Crippen LogP contribution < -0.4 is 5.32 Å². The third kappa shape index (κ3) is 5.00. The maximum absolute atomic E-state index is 11.8. The van der Waals surface area contributed by atoms with E-state index in [9.17, 15) is 4.79 Å². The molecule has 3 heteroatoms. The highest BCUT2D eigenvalue weighted by atomic mass is 16.5. The van der Waals surface area contributed by atoms with E-state index in [0.717, 1.165) is 5.70 Å². The van der Waals surface area contributed by atoms with Crippen molar-refractivity contribution in [1.82, 2.24) is 5.32 Å². The van der Waals surface area contributed by atoms with Gasteiger partial charge in [0.2, 0.25) is 0 Å². The maximum atomic E-state index is 11.8. The van der Waals surface area contributed by atoms with Crippen molar-refractivity contribution in [3.63, 3.8) is 0 Å². The van der Waals surface area contributed by atoms with Crippen molar-refractivity contribution in [1.29, 1.82) is 0 Å². The molecule has 0 aliphatic heterocycles.